The lowest BCUT2D eigenvalue weighted by molar-refractivity contribution is 0.0793. The lowest BCUT2D eigenvalue weighted by atomic mass is 10.2. The van der Waals surface area contributed by atoms with Crippen LogP contribution < -0.4 is 5.32 Å². The second kappa shape index (κ2) is 8.48. The fraction of sp³-hybridized carbons (Fsp3) is 0.429. The molecule has 3 heterocycles. The molecule has 2 aromatic rings. The Morgan fingerprint density at radius 2 is 1.61 bits per heavy atom. The third-order valence-electron chi connectivity index (χ3n) is 5.40. The lowest BCUT2D eigenvalue weighted by Crippen LogP contribution is -2.49. The summed E-state index contributed by atoms with van der Waals surface area (Å²) in [6.45, 7) is 5.44. The van der Waals surface area contributed by atoms with Gasteiger partial charge in [0, 0.05) is 50.5 Å². The van der Waals surface area contributed by atoms with E-state index in [9.17, 15) is 9.59 Å². The van der Waals surface area contributed by atoms with Crippen LogP contribution in [0.4, 0.5) is 10.5 Å². The van der Waals surface area contributed by atoms with Crippen molar-refractivity contribution in [3.63, 3.8) is 0 Å². The van der Waals surface area contributed by atoms with E-state index in [-0.39, 0.29) is 11.9 Å². The highest BCUT2D eigenvalue weighted by atomic mass is 16.3. The Morgan fingerprint density at radius 3 is 2.25 bits per heavy atom. The van der Waals surface area contributed by atoms with E-state index < -0.39 is 0 Å². The smallest absolute Gasteiger partial charge is 0.321 e. The minimum atomic E-state index is -0.101. The minimum absolute atomic E-state index is 0.0723. The quantitative estimate of drug-likeness (QED) is 0.883. The van der Waals surface area contributed by atoms with E-state index in [4.69, 9.17) is 4.42 Å². The van der Waals surface area contributed by atoms with Crippen LogP contribution in [-0.4, -0.2) is 65.9 Å². The number of nitrogens with one attached hydrogen (secondary N) is 1. The molecule has 0 bridgehead atoms. The molecule has 4 rings (SSSR count). The Morgan fingerprint density at radius 1 is 0.893 bits per heavy atom. The first-order valence-corrected chi connectivity index (χ1v) is 9.89. The van der Waals surface area contributed by atoms with Gasteiger partial charge in [0.1, 0.15) is 5.76 Å². The van der Waals surface area contributed by atoms with Gasteiger partial charge in [0.05, 0.1) is 12.8 Å². The van der Waals surface area contributed by atoms with Crippen LogP contribution in [0, 0.1) is 0 Å². The Hall–Kier alpha value is -2.80. The molecule has 148 valence electrons. The molecule has 0 atom stereocenters. The van der Waals surface area contributed by atoms with E-state index in [2.05, 4.69) is 10.2 Å². The predicted octanol–water partition coefficient (Wildman–Crippen LogP) is 2.87. The molecule has 1 aromatic carbocycles. The first-order valence-electron chi connectivity index (χ1n) is 9.89. The lowest BCUT2D eigenvalue weighted by Gasteiger charge is -2.34. The summed E-state index contributed by atoms with van der Waals surface area (Å²) in [6.07, 6.45) is 3.84. The third-order valence-corrected chi connectivity index (χ3v) is 5.40. The molecule has 3 amide bonds. The highest BCUT2D eigenvalue weighted by molar-refractivity contribution is 5.95. The summed E-state index contributed by atoms with van der Waals surface area (Å²) in [6, 6.07) is 10.9. The molecule has 2 saturated heterocycles. The number of urea groups is 1. The van der Waals surface area contributed by atoms with Gasteiger partial charge in [-0.3, -0.25) is 9.69 Å². The molecule has 0 radical (unpaired) electrons. The summed E-state index contributed by atoms with van der Waals surface area (Å²) in [4.78, 5) is 30.9. The van der Waals surface area contributed by atoms with Gasteiger partial charge < -0.3 is 19.5 Å². The highest BCUT2D eigenvalue weighted by Crippen LogP contribution is 2.16. The Kier molecular flexibility index (Phi) is 5.62. The van der Waals surface area contributed by atoms with Crippen molar-refractivity contribution in [1.82, 2.24) is 14.7 Å². The van der Waals surface area contributed by atoms with Crippen LogP contribution in [0.5, 0.6) is 0 Å². The molecule has 0 aliphatic carbocycles. The SMILES string of the molecule is O=C(Nc1ccc(C(=O)N2CCCC2)cc1)N1CCN(Cc2ccco2)CC1. The van der Waals surface area contributed by atoms with E-state index in [0.29, 0.717) is 24.3 Å². The first-order chi connectivity index (χ1) is 13.7. The number of carbonyl (C=O) groups excluding carboxylic acids is 2. The monoisotopic (exact) mass is 382 g/mol. The zero-order valence-electron chi connectivity index (χ0n) is 16.0. The van der Waals surface area contributed by atoms with Crippen LogP contribution in [0.3, 0.4) is 0 Å². The molecular weight excluding hydrogens is 356 g/mol. The molecule has 2 aliphatic heterocycles. The number of piperazine rings is 1. The fourth-order valence-corrected chi connectivity index (χ4v) is 3.73. The maximum absolute atomic E-state index is 12.5. The van der Waals surface area contributed by atoms with Crippen molar-refractivity contribution in [3.05, 3.63) is 54.0 Å². The van der Waals surface area contributed by atoms with Crippen molar-refractivity contribution < 1.29 is 14.0 Å². The maximum Gasteiger partial charge on any atom is 0.321 e. The van der Waals surface area contributed by atoms with Crippen molar-refractivity contribution in [3.8, 4) is 0 Å². The summed E-state index contributed by atoms with van der Waals surface area (Å²) in [5, 5.41) is 2.93. The zero-order valence-corrected chi connectivity index (χ0v) is 16.0. The molecule has 0 spiro atoms. The summed E-state index contributed by atoms with van der Waals surface area (Å²) < 4.78 is 5.39. The number of hydrogen-bond donors (Lipinski definition) is 1. The van der Waals surface area contributed by atoms with E-state index in [1.807, 2.05) is 21.9 Å². The summed E-state index contributed by atoms with van der Waals surface area (Å²) >= 11 is 0. The van der Waals surface area contributed by atoms with Crippen LogP contribution in [0.2, 0.25) is 0 Å². The average Bonchev–Trinajstić information content (AvgIpc) is 3.43. The van der Waals surface area contributed by atoms with Gasteiger partial charge in [-0.15, -0.1) is 0 Å². The van der Waals surface area contributed by atoms with Crippen LogP contribution >= 0.6 is 0 Å². The number of amides is 3. The number of carbonyl (C=O) groups is 2. The normalized spacial score (nSPS) is 17.7. The standard InChI is InChI=1S/C21H26N4O3/c26-20(24-9-1-2-10-24)17-5-7-18(8-6-17)22-21(27)25-13-11-23(12-14-25)16-19-4-3-15-28-19/h3-8,15H,1-2,9-14,16H2,(H,22,27). The average molecular weight is 382 g/mol. The molecule has 1 N–H and O–H groups in total. The van der Waals surface area contributed by atoms with Gasteiger partial charge in [-0.1, -0.05) is 0 Å². The Labute approximate surface area is 164 Å². The zero-order chi connectivity index (χ0) is 19.3. The van der Waals surface area contributed by atoms with E-state index in [1.165, 1.54) is 0 Å². The molecule has 28 heavy (non-hydrogen) atoms. The molecule has 7 nitrogen and oxygen atoms in total. The first kappa shape index (κ1) is 18.6. The summed E-state index contributed by atoms with van der Waals surface area (Å²) in [5.74, 6) is 1.02. The van der Waals surface area contributed by atoms with Crippen molar-refractivity contribution in [2.45, 2.75) is 19.4 Å². The van der Waals surface area contributed by atoms with Gasteiger partial charge in [-0.25, -0.2) is 4.79 Å². The highest BCUT2D eigenvalue weighted by Gasteiger charge is 2.22. The van der Waals surface area contributed by atoms with Gasteiger partial charge in [-0.2, -0.15) is 0 Å². The molecule has 7 heteroatoms. The van der Waals surface area contributed by atoms with Crippen LogP contribution in [0.15, 0.2) is 47.1 Å². The van der Waals surface area contributed by atoms with Crippen molar-refractivity contribution in [2.24, 2.45) is 0 Å². The van der Waals surface area contributed by atoms with Crippen LogP contribution in [0.25, 0.3) is 0 Å². The van der Waals surface area contributed by atoms with Gasteiger partial charge in [0.15, 0.2) is 0 Å². The molecule has 2 fully saturated rings. The summed E-state index contributed by atoms with van der Waals surface area (Å²) in [5.41, 5.74) is 1.38. The molecule has 0 unspecified atom stereocenters. The van der Waals surface area contributed by atoms with E-state index in [0.717, 1.165) is 51.3 Å². The number of nitrogens with zero attached hydrogens (tertiary/aromatic N) is 3. The number of benzene rings is 1. The van der Waals surface area contributed by atoms with Crippen LogP contribution in [-0.2, 0) is 6.54 Å². The third kappa shape index (κ3) is 4.36. The molecular formula is C21H26N4O3. The Balaban J connectivity index is 1.26. The topological polar surface area (TPSA) is 69.0 Å². The number of anilines is 1. The van der Waals surface area contributed by atoms with Crippen molar-refractivity contribution >= 4 is 17.6 Å². The van der Waals surface area contributed by atoms with Gasteiger partial charge in [0.2, 0.25) is 0 Å². The number of furan rings is 1. The minimum Gasteiger partial charge on any atom is -0.468 e. The predicted molar refractivity (Wildman–Crippen MR) is 106 cm³/mol. The van der Waals surface area contributed by atoms with Crippen molar-refractivity contribution in [2.75, 3.05) is 44.6 Å². The maximum atomic E-state index is 12.5. The van der Waals surface area contributed by atoms with Crippen LogP contribution in [0.1, 0.15) is 29.0 Å². The van der Waals surface area contributed by atoms with Gasteiger partial charge in [0.25, 0.3) is 5.91 Å². The van der Waals surface area contributed by atoms with Gasteiger partial charge >= 0.3 is 6.03 Å². The fourth-order valence-electron chi connectivity index (χ4n) is 3.73. The molecule has 1 aromatic heterocycles. The molecule has 2 aliphatic rings. The largest absolute Gasteiger partial charge is 0.468 e. The molecule has 0 saturated carbocycles. The van der Waals surface area contributed by atoms with Gasteiger partial charge in [-0.05, 0) is 49.2 Å². The number of rotatable bonds is 4. The van der Waals surface area contributed by atoms with E-state index in [1.54, 1.807) is 30.5 Å². The second-order valence-electron chi connectivity index (χ2n) is 7.35. The van der Waals surface area contributed by atoms with E-state index >= 15 is 0 Å². The van der Waals surface area contributed by atoms with Crippen molar-refractivity contribution in [1.29, 1.82) is 0 Å². The number of likely N-dealkylation sites (tertiary alicyclic amines) is 1. The number of hydrogen-bond acceptors (Lipinski definition) is 4. The Bertz CT molecular complexity index is 790. The summed E-state index contributed by atoms with van der Waals surface area (Å²) in [7, 11) is 0. The second-order valence-corrected chi connectivity index (χ2v) is 7.35.